The molecule has 1 aliphatic rings. The van der Waals surface area contributed by atoms with E-state index in [1.807, 2.05) is 6.92 Å². The third-order valence-electron chi connectivity index (χ3n) is 2.64. The number of nitrogens with zero attached hydrogens (tertiary/aromatic N) is 1. The van der Waals surface area contributed by atoms with E-state index in [0.717, 1.165) is 32.2 Å². The smallest absolute Gasteiger partial charge is 0.122 e. The van der Waals surface area contributed by atoms with E-state index in [0.29, 0.717) is 13.0 Å². The largest absolute Gasteiger partial charge is 0.374 e. The molecule has 0 N–H and O–H groups in total. The maximum Gasteiger partial charge on any atom is 0.122 e. The molecule has 13 heavy (non-hydrogen) atoms. The van der Waals surface area contributed by atoms with E-state index in [1.54, 1.807) is 0 Å². The van der Waals surface area contributed by atoms with Crippen molar-refractivity contribution in [3.05, 3.63) is 0 Å². The van der Waals surface area contributed by atoms with Gasteiger partial charge in [0.2, 0.25) is 0 Å². The van der Waals surface area contributed by atoms with Crippen molar-refractivity contribution < 1.29 is 9.53 Å². The molecule has 3 nitrogen and oxygen atoms in total. The highest BCUT2D eigenvalue weighted by Crippen LogP contribution is 2.26. The number of carbonyl (C=O) groups excluding carboxylic acids is 1. The summed E-state index contributed by atoms with van der Waals surface area (Å²) < 4.78 is 5.71. The third-order valence-corrected chi connectivity index (χ3v) is 2.64. The van der Waals surface area contributed by atoms with Crippen LogP contribution in [-0.2, 0) is 9.53 Å². The van der Waals surface area contributed by atoms with Crippen LogP contribution in [0, 0.1) is 0 Å². The van der Waals surface area contributed by atoms with E-state index >= 15 is 0 Å². The maximum absolute atomic E-state index is 10.6. The van der Waals surface area contributed by atoms with Gasteiger partial charge < -0.3 is 14.4 Å². The van der Waals surface area contributed by atoms with E-state index in [9.17, 15) is 4.79 Å². The highest BCUT2D eigenvalue weighted by molar-refractivity contribution is 5.51. The molecule has 0 aromatic rings. The molecule has 1 fully saturated rings. The summed E-state index contributed by atoms with van der Waals surface area (Å²) in [5.74, 6) is 0. The van der Waals surface area contributed by atoms with Crippen molar-refractivity contribution in [1.29, 1.82) is 0 Å². The molecule has 0 spiro atoms. The van der Waals surface area contributed by atoms with Gasteiger partial charge in [0.1, 0.15) is 6.29 Å². The van der Waals surface area contributed by atoms with Crippen LogP contribution in [0.4, 0.5) is 0 Å². The second kappa shape index (κ2) is 4.72. The van der Waals surface area contributed by atoms with Crippen LogP contribution < -0.4 is 0 Å². The average Bonchev–Trinajstić information content (AvgIpc) is 2.04. The Morgan fingerprint density at radius 2 is 2.38 bits per heavy atom. The number of carbonyl (C=O) groups is 1. The number of piperidine rings is 1. The molecule has 0 bridgehead atoms. The molecule has 0 saturated carbocycles. The highest BCUT2D eigenvalue weighted by atomic mass is 16.5. The van der Waals surface area contributed by atoms with Crippen molar-refractivity contribution in [3.8, 4) is 0 Å². The molecule has 0 aromatic carbocycles. The average molecular weight is 185 g/mol. The number of ether oxygens (including phenoxy) is 1. The SMILES string of the molecule is CCOC1(CC=O)CCCN(C)C1. The van der Waals surface area contributed by atoms with Crippen LogP contribution >= 0.6 is 0 Å². The molecule has 1 heterocycles. The summed E-state index contributed by atoms with van der Waals surface area (Å²) in [5.41, 5.74) is -0.191. The predicted molar refractivity (Wildman–Crippen MR) is 51.8 cm³/mol. The molecule has 1 rings (SSSR count). The Hall–Kier alpha value is -0.410. The summed E-state index contributed by atoms with van der Waals surface area (Å²) in [5, 5.41) is 0. The van der Waals surface area contributed by atoms with E-state index in [-0.39, 0.29) is 5.60 Å². The van der Waals surface area contributed by atoms with Crippen molar-refractivity contribution in [2.45, 2.75) is 31.8 Å². The van der Waals surface area contributed by atoms with Crippen LogP contribution in [0.3, 0.4) is 0 Å². The summed E-state index contributed by atoms with van der Waals surface area (Å²) in [4.78, 5) is 12.8. The number of rotatable bonds is 4. The van der Waals surface area contributed by atoms with Gasteiger partial charge in [0, 0.05) is 19.6 Å². The minimum Gasteiger partial charge on any atom is -0.374 e. The number of hydrogen-bond donors (Lipinski definition) is 0. The third kappa shape index (κ3) is 2.78. The Morgan fingerprint density at radius 1 is 1.62 bits per heavy atom. The Bertz CT molecular complexity index is 168. The fourth-order valence-electron chi connectivity index (χ4n) is 2.12. The summed E-state index contributed by atoms with van der Waals surface area (Å²) in [7, 11) is 2.08. The summed E-state index contributed by atoms with van der Waals surface area (Å²) in [6.45, 7) is 4.69. The monoisotopic (exact) mass is 185 g/mol. The van der Waals surface area contributed by atoms with Gasteiger partial charge in [0.05, 0.1) is 5.60 Å². The lowest BCUT2D eigenvalue weighted by atomic mass is 9.90. The predicted octanol–water partition coefficient (Wildman–Crippen LogP) is 1.08. The highest BCUT2D eigenvalue weighted by Gasteiger charge is 2.34. The number of hydrogen-bond acceptors (Lipinski definition) is 3. The van der Waals surface area contributed by atoms with Crippen molar-refractivity contribution >= 4 is 6.29 Å². The number of likely N-dealkylation sites (N-methyl/N-ethyl adjacent to an activating group) is 1. The van der Waals surface area contributed by atoms with Gasteiger partial charge in [-0.1, -0.05) is 0 Å². The van der Waals surface area contributed by atoms with Crippen LogP contribution in [-0.4, -0.2) is 43.5 Å². The molecule has 0 amide bonds. The quantitative estimate of drug-likeness (QED) is 0.614. The van der Waals surface area contributed by atoms with Crippen molar-refractivity contribution in [2.75, 3.05) is 26.7 Å². The van der Waals surface area contributed by atoms with Gasteiger partial charge in [-0.3, -0.25) is 0 Å². The first-order valence-electron chi connectivity index (χ1n) is 4.98. The topological polar surface area (TPSA) is 29.5 Å². The standard InChI is InChI=1S/C10H19NO2/c1-3-13-10(6-8-12)5-4-7-11(2)9-10/h8H,3-7,9H2,1-2H3. The molecule has 1 aliphatic heterocycles. The van der Waals surface area contributed by atoms with E-state index < -0.39 is 0 Å². The molecule has 3 heteroatoms. The lowest BCUT2D eigenvalue weighted by Gasteiger charge is -2.40. The summed E-state index contributed by atoms with van der Waals surface area (Å²) in [6.07, 6.45) is 3.66. The summed E-state index contributed by atoms with van der Waals surface area (Å²) >= 11 is 0. The number of aldehydes is 1. The Kier molecular flexibility index (Phi) is 3.88. The molecule has 0 aliphatic carbocycles. The van der Waals surface area contributed by atoms with Crippen LogP contribution in [0.25, 0.3) is 0 Å². The fourth-order valence-corrected chi connectivity index (χ4v) is 2.12. The van der Waals surface area contributed by atoms with Crippen molar-refractivity contribution in [3.63, 3.8) is 0 Å². The second-order valence-electron chi connectivity index (χ2n) is 3.83. The van der Waals surface area contributed by atoms with Crippen LogP contribution in [0.15, 0.2) is 0 Å². The van der Waals surface area contributed by atoms with E-state index in [1.165, 1.54) is 0 Å². The van der Waals surface area contributed by atoms with Gasteiger partial charge in [0.15, 0.2) is 0 Å². The van der Waals surface area contributed by atoms with Crippen molar-refractivity contribution in [2.24, 2.45) is 0 Å². The van der Waals surface area contributed by atoms with E-state index in [4.69, 9.17) is 4.74 Å². The molecule has 1 atom stereocenters. The first-order chi connectivity index (χ1) is 6.22. The minimum absolute atomic E-state index is 0.191. The minimum atomic E-state index is -0.191. The zero-order valence-electron chi connectivity index (χ0n) is 8.58. The molecular weight excluding hydrogens is 166 g/mol. The maximum atomic E-state index is 10.6. The zero-order valence-corrected chi connectivity index (χ0v) is 8.58. The molecule has 0 radical (unpaired) electrons. The fraction of sp³-hybridized carbons (Fsp3) is 0.900. The van der Waals surface area contributed by atoms with Gasteiger partial charge in [-0.2, -0.15) is 0 Å². The lowest BCUT2D eigenvalue weighted by molar-refractivity contribution is -0.121. The lowest BCUT2D eigenvalue weighted by Crippen LogP contribution is -2.48. The van der Waals surface area contributed by atoms with Crippen molar-refractivity contribution in [1.82, 2.24) is 4.90 Å². The van der Waals surface area contributed by atoms with Crippen LogP contribution in [0.2, 0.25) is 0 Å². The Labute approximate surface area is 80.1 Å². The van der Waals surface area contributed by atoms with Gasteiger partial charge in [0.25, 0.3) is 0 Å². The first kappa shape index (κ1) is 10.7. The van der Waals surface area contributed by atoms with Gasteiger partial charge in [-0.15, -0.1) is 0 Å². The Morgan fingerprint density at radius 3 is 2.92 bits per heavy atom. The normalized spacial score (nSPS) is 30.3. The number of likely N-dealkylation sites (tertiary alicyclic amines) is 1. The molecule has 1 saturated heterocycles. The second-order valence-corrected chi connectivity index (χ2v) is 3.83. The van der Waals surface area contributed by atoms with Gasteiger partial charge in [-0.05, 0) is 33.4 Å². The van der Waals surface area contributed by atoms with Crippen LogP contribution in [0.1, 0.15) is 26.2 Å². The molecular formula is C10H19NO2. The molecule has 0 aromatic heterocycles. The van der Waals surface area contributed by atoms with Gasteiger partial charge >= 0.3 is 0 Å². The first-order valence-corrected chi connectivity index (χ1v) is 4.98. The Balaban J connectivity index is 2.58. The molecule has 1 unspecified atom stereocenters. The zero-order chi connectivity index (χ0) is 9.73. The van der Waals surface area contributed by atoms with Gasteiger partial charge in [-0.25, -0.2) is 0 Å². The summed E-state index contributed by atoms with van der Waals surface area (Å²) in [6, 6.07) is 0. The van der Waals surface area contributed by atoms with E-state index in [2.05, 4.69) is 11.9 Å². The van der Waals surface area contributed by atoms with Crippen LogP contribution in [0.5, 0.6) is 0 Å². The molecule has 76 valence electrons.